The number of hydrogen-bond acceptors (Lipinski definition) is 3. The number of nitrogens with zero attached hydrogens (tertiary/aromatic N) is 1. The number of hydrogen-bond donors (Lipinski definition) is 1. The summed E-state index contributed by atoms with van der Waals surface area (Å²) in [6.45, 7) is 7.71. The van der Waals surface area contributed by atoms with Crippen molar-refractivity contribution in [1.29, 1.82) is 0 Å². The van der Waals surface area contributed by atoms with Gasteiger partial charge in [0, 0.05) is 12.1 Å². The second kappa shape index (κ2) is 6.04. The SMILES string of the molecule is CCN1CCCCC1C1NC(C)CO1.Cl. The minimum Gasteiger partial charge on any atom is -0.360 e. The van der Waals surface area contributed by atoms with Gasteiger partial charge in [-0.3, -0.25) is 10.2 Å². The van der Waals surface area contributed by atoms with Crippen LogP contribution in [0, 0.1) is 0 Å². The van der Waals surface area contributed by atoms with Gasteiger partial charge in [0.2, 0.25) is 0 Å². The van der Waals surface area contributed by atoms with Gasteiger partial charge in [0.25, 0.3) is 0 Å². The number of rotatable bonds is 2. The smallest absolute Gasteiger partial charge is 0.124 e. The lowest BCUT2D eigenvalue weighted by Gasteiger charge is -2.37. The average Bonchev–Trinajstić information content (AvgIpc) is 2.65. The highest BCUT2D eigenvalue weighted by molar-refractivity contribution is 5.85. The fourth-order valence-electron chi connectivity index (χ4n) is 2.60. The first kappa shape index (κ1) is 13.2. The molecule has 0 amide bonds. The van der Waals surface area contributed by atoms with Crippen LogP contribution in [0.2, 0.25) is 0 Å². The van der Waals surface area contributed by atoms with Gasteiger partial charge in [0.05, 0.1) is 6.61 Å². The lowest BCUT2D eigenvalue weighted by atomic mass is 10.0. The van der Waals surface area contributed by atoms with Crippen LogP contribution >= 0.6 is 12.4 Å². The predicted octanol–water partition coefficient (Wildman–Crippen LogP) is 1.62. The number of ether oxygens (including phenoxy) is 1. The normalized spacial score (nSPS) is 37.6. The lowest BCUT2D eigenvalue weighted by Crippen LogP contribution is -2.51. The third-order valence-electron chi connectivity index (χ3n) is 3.39. The molecule has 3 unspecified atom stereocenters. The number of halogens is 1. The fourth-order valence-corrected chi connectivity index (χ4v) is 2.60. The van der Waals surface area contributed by atoms with E-state index >= 15 is 0 Å². The first-order valence-electron chi connectivity index (χ1n) is 5.93. The zero-order chi connectivity index (χ0) is 9.97. The van der Waals surface area contributed by atoms with E-state index in [-0.39, 0.29) is 18.6 Å². The van der Waals surface area contributed by atoms with Crippen molar-refractivity contribution in [3.05, 3.63) is 0 Å². The largest absolute Gasteiger partial charge is 0.360 e. The Hall–Kier alpha value is 0.170. The summed E-state index contributed by atoms with van der Waals surface area (Å²) in [5, 5.41) is 3.52. The van der Waals surface area contributed by atoms with Gasteiger partial charge in [-0.05, 0) is 32.9 Å². The molecule has 15 heavy (non-hydrogen) atoms. The van der Waals surface area contributed by atoms with Crippen molar-refractivity contribution in [2.45, 2.75) is 51.4 Å². The van der Waals surface area contributed by atoms with Crippen molar-refractivity contribution in [1.82, 2.24) is 10.2 Å². The summed E-state index contributed by atoms with van der Waals surface area (Å²) >= 11 is 0. The third kappa shape index (κ3) is 3.06. The maximum atomic E-state index is 5.78. The summed E-state index contributed by atoms with van der Waals surface area (Å²) in [6.07, 6.45) is 4.28. The Morgan fingerprint density at radius 2 is 2.20 bits per heavy atom. The molecule has 0 saturated carbocycles. The van der Waals surface area contributed by atoms with E-state index in [1.807, 2.05) is 0 Å². The van der Waals surface area contributed by atoms with E-state index < -0.39 is 0 Å². The standard InChI is InChI=1S/C11H22N2O.ClH/c1-3-13-7-5-4-6-10(13)11-12-9(2)8-14-11;/h9-12H,3-8H2,1-2H3;1H. The zero-order valence-corrected chi connectivity index (χ0v) is 10.6. The molecule has 0 aromatic rings. The highest BCUT2D eigenvalue weighted by Gasteiger charge is 2.33. The van der Waals surface area contributed by atoms with Gasteiger partial charge < -0.3 is 4.74 Å². The molecule has 2 aliphatic heterocycles. The highest BCUT2D eigenvalue weighted by Crippen LogP contribution is 2.22. The highest BCUT2D eigenvalue weighted by atomic mass is 35.5. The Labute approximate surface area is 99.0 Å². The zero-order valence-electron chi connectivity index (χ0n) is 9.74. The molecule has 0 aromatic carbocycles. The Bertz CT molecular complexity index is 191. The Balaban J connectivity index is 0.00000112. The molecule has 3 nitrogen and oxygen atoms in total. The topological polar surface area (TPSA) is 24.5 Å². The number of likely N-dealkylation sites (tertiary alicyclic amines) is 1. The van der Waals surface area contributed by atoms with E-state index in [1.165, 1.54) is 25.8 Å². The van der Waals surface area contributed by atoms with Crippen molar-refractivity contribution in [3.63, 3.8) is 0 Å². The van der Waals surface area contributed by atoms with E-state index in [0.29, 0.717) is 12.1 Å². The quantitative estimate of drug-likeness (QED) is 0.786. The van der Waals surface area contributed by atoms with Crippen molar-refractivity contribution in [2.75, 3.05) is 19.7 Å². The van der Waals surface area contributed by atoms with Crippen LogP contribution in [0.3, 0.4) is 0 Å². The molecule has 0 bridgehead atoms. The molecule has 2 aliphatic rings. The van der Waals surface area contributed by atoms with E-state index in [0.717, 1.165) is 13.2 Å². The lowest BCUT2D eigenvalue weighted by molar-refractivity contribution is -0.000759. The number of likely N-dealkylation sites (N-methyl/N-ethyl adjacent to an activating group) is 1. The predicted molar refractivity (Wildman–Crippen MR) is 64.5 cm³/mol. The summed E-state index contributed by atoms with van der Waals surface area (Å²) in [7, 11) is 0. The Morgan fingerprint density at radius 1 is 1.40 bits per heavy atom. The summed E-state index contributed by atoms with van der Waals surface area (Å²) in [6, 6.07) is 1.14. The molecular formula is C11H23ClN2O. The van der Waals surface area contributed by atoms with Crippen molar-refractivity contribution >= 4 is 12.4 Å². The van der Waals surface area contributed by atoms with E-state index in [4.69, 9.17) is 4.74 Å². The van der Waals surface area contributed by atoms with Crippen molar-refractivity contribution in [3.8, 4) is 0 Å². The molecule has 4 heteroatoms. The molecule has 2 saturated heterocycles. The maximum Gasteiger partial charge on any atom is 0.124 e. The van der Waals surface area contributed by atoms with Gasteiger partial charge >= 0.3 is 0 Å². The Kier molecular flexibility index (Phi) is 5.33. The second-order valence-corrected chi connectivity index (χ2v) is 4.51. The van der Waals surface area contributed by atoms with Gasteiger partial charge in [0.1, 0.15) is 6.23 Å². The molecule has 1 N–H and O–H groups in total. The maximum absolute atomic E-state index is 5.78. The molecule has 90 valence electrons. The molecule has 0 radical (unpaired) electrons. The molecule has 3 atom stereocenters. The molecular weight excluding hydrogens is 212 g/mol. The van der Waals surface area contributed by atoms with Gasteiger partial charge in [-0.25, -0.2) is 0 Å². The summed E-state index contributed by atoms with van der Waals surface area (Å²) in [5.74, 6) is 0. The van der Waals surface area contributed by atoms with Crippen molar-refractivity contribution in [2.24, 2.45) is 0 Å². The van der Waals surface area contributed by atoms with Gasteiger partial charge in [0.15, 0.2) is 0 Å². The van der Waals surface area contributed by atoms with Gasteiger partial charge in [-0.2, -0.15) is 0 Å². The molecule has 0 aromatic heterocycles. The minimum atomic E-state index is 0. The third-order valence-corrected chi connectivity index (χ3v) is 3.39. The summed E-state index contributed by atoms with van der Waals surface area (Å²) in [5.41, 5.74) is 0. The molecule has 2 heterocycles. The first-order chi connectivity index (χ1) is 6.81. The first-order valence-corrected chi connectivity index (χ1v) is 5.93. The van der Waals surface area contributed by atoms with Crippen LogP contribution in [0.25, 0.3) is 0 Å². The van der Waals surface area contributed by atoms with E-state index in [9.17, 15) is 0 Å². The van der Waals surface area contributed by atoms with Crippen LogP contribution in [-0.4, -0.2) is 42.9 Å². The average molecular weight is 235 g/mol. The van der Waals surface area contributed by atoms with Crippen LogP contribution in [-0.2, 0) is 4.74 Å². The summed E-state index contributed by atoms with van der Waals surface area (Å²) in [4.78, 5) is 2.55. The van der Waals surface area contributed by atoms with E-state index in [1.54, 1.807) is 0 Å². The van der Waals surface area contributed by atoms with Crippen LogP contribution in [0.4, 0.5) is 0 Å². The van der Waals surface area contributed by atoms with Gasteiger partial charge in [-0.15, -0.1) is 12.4 Å². The summed E-state index contributed by atoms with van der Waals surface area (Å²) < 4.78 is 5.78. The van der Waals surface area contributed by atoms with Crippen LogP contribution in [0.1, 0.15) is 33.1 Å². The van der Waals surface area contributed by atoms with Crippen LogP contribution in [0.15, 0.2) is 0 Å². The molecule has 0 spiro atoms. The van der Waals surface area contributed by atoms with E-state index in [2.05, 4.69) is 24.1 Å². The van der Waals surface area contributed by atoms with Crippen molar-refractivity contribution < 1.29 is 4.74 Å². The van der Waals surface area contributed by atoms with Crippen LogP contribution in [0.5, 0.6) is 0 Å². The molecule has 2 fully saturated rings. The second-order valence-electron chi connectivity index (χ2n) is 4.51. The Morgan fingerprint density at radius 3 is 2.80 bits per heavy atom. The van der Waals surface area contributed by atoms with Crippen LogP contribution < -0.4 is 5.32 Å². The minimum absolute atomic E-state index is 0. The molecule has 2 rings (SSSR count). The fraction of sp³-hybridized carbons (Fsp3) is 1.00. The monoisotopic (exact) mass is 234 g/mol. The number of piperidine rings is 1. The molecule has 0 aliphatic carbocycles. The number of nitrogens with one attached hydrogen (secondary N) is 1. The van der Waals surface area contributed by atoms with Gasteiger partial charge in [-0.1, -0.05) is 13.3 Å².